The van der Waals surface area contributed by atoms with Gasteiger partial charge in [0.15, 0.2) is 5.78 Å². The van der Waals surface area contributed by atoms with E-state index in [1.807, 2.05) is 55.1 Å². The molecular weight excluding hydrogens is 462 g/mol. The van der Waals surface area contributed by atoms with Crippen molar-refractivity contribution >= 4 is 34.4 Å². The van der Waals surface area contributed by atoms with Crippen LogP contribution in [0.1, 0.15) is 45.6 Å². The van der Waals surface area contributed by atoms with Crippen LogP contribution in [0.4, 0.5) is 5.69 Å². The van der Waals surface area contributed by atoms with Gasteiger partial charge < -0.3 is 5.73 Å². The van der Waals surface area contributed by atoms with Crippen molar-refractivity contribution in [3.63, 3.8) is 0 Å². The molecule has 0 saturated carbocycles. The first-order valence-corrected chi connectivity index (χ1v) is 12.4. The second kappa shape index (κ2) is 8.79. The Labute approximate surface area is 208 Å². The summed E-state index contributed by atoms with van der Waals surface area (Å²) in [6.07, 6.45) is 1.03. The van der Waals surface area contributed by atoms with Crippen LogP contribution in [0.5, 0.6) is 0 Å². The standard InChI is InChI=1S/C28H24ClN3OS/c1-16-12-20(17(2)34-16)26-21(15-30)28(31)32(23-11-7-6-10-22(23)29)24-13-19(14-25(33)27(24)26)18-8-4-3-5-9-18/h3-12,19,26H,13-14,31H2,1-2H3/t19-,26+/m0/s1. The summed E-state index contributed by atoms with van der Waals surface area (Å²) in [6.45, 7) is 4.08. The van der Waals surface area contributed by atoms with E-state index in [4.69, 9.17) is 17.3 Å². The van der Waals surface area contributed by atoms with Gasteiger partial charge in [0, 0.05) is 27.4 Å². The van der Waals surface area contributed by atoms with Crippen molar-refractivity contribution in [2.45, 2.75) is 38.5 Å². The van der Waals surface area contributed by atoms with Crippen LogP contribution in [0.25, 0.3) is 0 Å². The lowest BCUT2D eigenvalue weighted by Crippen LogP contribution is -2.40. The van der Waals surface area contributed by atoms with Gasteiger partial charge in [0.2, 0.25) is 0 Å². The number of anilines is 1. The number of allylic oxidation sites excluding steroid dienone is 3. The average Bonchev–Trinajstić information content (AvgIpc) is 3.17. The molecule has 170 valence electrons. The molecule has 2 heterocycles. The van der Waals surface area contributed by atoms with Gasteiger partial charge in [0.25, 0.3) is 0 Å². The number of thiophene rings is 1. The number of benzene rings is 2. The van der Waals surface area contributed by atoms with Crippen molar-refractivity contribution in [3.05, 3.63) is 109 Å². The lowest BCUT2D eigenvalue weighted by Gasteiger charge is -2.41. The number of nitrogens with two attached hydrogens (primary N) is 1. The molecule has 2 aromatic carbocycles. The lowest BCUT2D eigenvalue weighted by atomic mass is 9.72. The van der Waals surface area contributed by atoms with Crippen LogP contribution in [-0.2, 0) is 4.79 Å². The summed E-state index contributed by atoms with van der Waals surface area (Å²) >= 11 is 8.28. The molecule has 1 aliphatic heterocycles. The molecule has 0 unspecified atom stereocenters. The molecule has 1 aromatic heterocycles. The Morgan fingerprint density at radius 1 is 1.09 bits per heavy atom. The molecule has 2 aliphatic rings. The van der Waals surface area contributed by atoms with E-state index in [2.05, 4.69) is 24.3 Å². The van der Waals surface area contributed by atoms with Crippen molar-refractivity contribution in [1.29, 1.82) is 5.26 Å². The maximum absolute atomic E-state index is 13.9. The molecule has 3 aromatic rings. The Kier molecular flexibility index (Phi) is 5.81. The molecule has 0 spiro atoms. The summed E-state index contributed by atoms with van der Waals surface area (Å²) in [4.78, 5) is 17.9. The van der Waals surface area contributed by atoms with Gasteiger partial charge in [-0.2, -0.15) is 5.26 Å². The first-order chi connectivity index (χ1) is 16.4. The highest BCUT2D eigenvalue weighted by Crippen LogP contribution is 2.51. The quantitative estimate of drug-likeness (QED) is 0.447. The van der Waals surface area contributed by atoms with Crippen molar-refractivity contribution < 1.29 is 4.79 Å². The Balaban J connectivity index is 1.76. The van der Waals surface area contributed by atoms with Gasteiger partial charge in [0.05, 0.1) is 28.3 Å². The van der Waals surface area contributed by atoms with E-state index in [9.17, 15) is 10.1 Å². The molecule has 6 heteroatoms. The molecule has 34 heavy (non-hydrogen) atoms. The minimum absolute atomic E-state index is 0.0276. The number of hydrogen-bond acceptors (Lipinski definition) is 5. The third-order valence-corrected chi connectivity index (χ3v) is 8.02. The third-order valence-electron chi connectivity index (χ3n) is 6.72. The number of Topliss-reactive ketones (excluding diaryl/α,β-unsaturated/α-hetero) is 1. The number of nitriles is 1. The van der Waals surface area contributed by atoms with Crippen LogP contribution in [0.3, 0.4) is 0 Å². The van der Waals surface area contributed by atoms with Crippen LogP contribution in [0, 0.1) is 25.2 Å². The molecule has 0 bridgehead atoms. The maximum atomic E-state index is 13.9. The highest BCUT2D eigenvalue weighted by atomic mass is 35.5. The zero-order chi connectivity index (χ0) is 24.0. The zero-order valence-corrected chi connectivity index (χ0v) is 20.6. The molecule has 1 aliphatic carbocycles. The van der Waals surface area contributed by atoms with Crippen molar-refractivity contribution in [1.82, 2.24) is 0 Å². The number of rotatable bonds is 3. The van der Waals surface area contributed by atoms with Crippen molar-refractivity contribution in [2.75, 3.05) is 4.90 Å². The summed E-state index contributed by atoms with van der Waals surface area (Å²) in [5.41, 5.74) is 11.4. The Bertz CT molecular complexity index is 1400. The van der Waals surface area contributed by atoms with Crippen LogP contribution in [0.15, 0.2) is 83.3 Å². The minimum atomic E-state index is -0.465. The first kappa shape index (κ1) is 22.5. The van der Waals surface area contributed by atoms with E-state index >= 15 is 0 Å². The van der Waals surface area contributed by atoms with Crippen LogP contribution in [-0.4, -0.2) is 5.78 Å². The fraction of sp³-hybridized carbons (Fsp3) is 0.214. The smallest absolute Gasteiger partial charge is 0.162 e. The van der Waals surface area contributed by atoms with Crippen LogP contribution >= 0.6 is 22.9 Å². The number of halogens is 1. The first-order valence-electron chi connectivity index (χ1n) is 11.2. The summed E-state index contributed by atoms with van der Waals surface area (Å²) in [5.74, 6) is -0.0440. The van der Waals surface area contributed by atoms with Gasteiger partial charge in [-0.1, -0.05) is 54.1 Å². The van der Waals surface area contributed by atoms with E-state index in [1.54, 1.807) is 17.4 Å². The molecule has 0 fully saturated rings. The van der Waals surface area contributed by atoms with Crippen molar-refractivity contribution in [3.8, 4) is 6.07 Å². The van der Waals surface area contributed by atoms with Gasteiger partial charge in [-0.05, 0) is 55.5 Å². The molecule has 2 atom stereocenters. The minimum Gasteiger partial charge on any atom is -0.384 e. The van der Waals surface area contributed by atoms with E-state index < -0.39 is 5.92 Å². The fourth-order valence-corrected chi connectivity index (χ4v) is 6.43. The number of ketones is 1. The molecule has 0 radical (unpaired) electrons. The molecule has 0 saturated heterocycles. The second-order valence-corrected chi connectivity index (χ2v) is 10.7. The van der Waals surface area contributed by atoms with Gasteiger partial charge in [-0.3, -0.25) is 9.69 Å². The number of nitrogens with zero attached hydrogens (tertiary/aromatic N) is 2. The highest BCUT2D eigenvalue weighted by molar-refractivity contribution is 7.12. The molecule has 0 amide bonds. The van der Waals surface area contributed by atoms with Gasteiger partial charge in [-0.25, -0.2) is 0 Å². The maximum Gasteiger partial charge on any atom is 0.162 e. The van der Waals surface area contributed by atoms with E-state index in [0.29, 0.717) is 40.5 Å². The normalized spacial score (nSPS) is 20.4. The number of hydrogen-bond donors (Lipinski definition) is 1. The Morgan fingerprint density at radius 2 is 1.79 bits per heavy atom. The van der Waals surface area contributed by atoms with E-state index in [0.717, 1.165) is 26.6 Å². The summed E-state index contributed by atoms with van der Waals surface area (Å²) in [6, 6.07) is 22.0. The molecule has 2 N–H and O–H groups in total. The number of aryl methyl sites for hydroxylation is 2. The van der Waals surface area contributed by atoms with Gasteiger partial charge in [0.1, 0.15) is 5.82 Å². The molecular formula is C28H24ClN3OS. The molecule has 4 nitrogen and oxygen atoms in total. The second-order valence-electron chi connectivity index (χ2n) is 8.80. The van der Waals surface area contributed by atoms with Gasteiger partial charge in [-0.15, -0.1) is 11.3 Å². The Morgan fingerprint density at radius 3 is 2.44 bits per heavy atom. The predicted molar refractivity (Wildman–Crippen MR) is 138 cm³/mol. The van der Waals surface area contributed by atoms with Crippen LogP contribution in [0.2, 0.25) is 5.02 Å². The fourth-order valence-electron chi connectivity index (χ4n) is 5.25. The predicted octanol–water partition coefficient (Wildman–Crippen LogP) is 6.72. The SMILES string of the molecule is Cc1cc([C@@H]2C(C#N)=C(N)N(c3ccccc3Cl)C3=C2C(=O)C[C@@H](c2ccccc2)C3)c(C)s1. The largest absolute Gasteiger partial charge is 0.384 e. The van der Waals surface area contributed by atoms with Crippen LogP contribution < -0.4 is 10.6 Å². The highest BCUT2D eigenvalue weighted by Gasteiger charge is 2.43. The topological polar surface area (TPSA) is 70.1 Å². The summed E-state index contributed by atoms with van der Waals surface area (Å²) in [7, 11) is 0. The van der Waals surface area contributed by atoms with Gasteiger partial charge >= 0.3 is 0 Å². The van der Waals surface area contributed by atoms with Crippen molar-refractivity contribution in [2.24, 2.45) is 5.73 Å². The monoisotopic (exact) mass is 485 g/mol. The Hall–Kier alpha value is -3.33. The number of carbonyl (C=O) groups is 1. The lowest BCUT2D eigenvalue weighted by molar-refractivity contribution is -0.116. The van der Waals surface area contributed by atoms with E-state index in [-0.39, 0.29) is 11.7 Å². The molecule has 5 rings (SSSR count). The summed E-state index contributed by atoms with van der Waals surface area (Å²) in [5, 5.41) is 10.8. The number of carbonyl (C=O) groups excluding carboxylic acids is 1. The zero-order valence-electron chi connectivity index (χ0n) is 19.0. The third kappa shape index (κ3) is 3.64. The average molecular weight is 486 g/mol. The summed E-state index contributed by atoms with van der Waals surface area (Å²) < 4.78 is 0. The van der Waals surface area contributed by atoms with E-state index in [1.165, 1.54) is 0 Å². The number of para-hydroxylation sites is 1.